The average molecular weight is 313 g/mol. The molecular weight excluding hydrogens is 300 g/mol. The molecule has 1 aliphatic rings. The molecule has 1 unspecified atom stereocenters. The normalized spacial score (nSPS) is 17.1. The lowest BCUT2D eigenvalue weighted by molar-refractivity contribution is 0.102. The number of rotatable bonds is 4. The van der Waals surface area contributed by atoms with Gasteiger partial charge in [0.25, 0.3) is 0 Å². The fourth-order valence-electron chi connectivity index (χ4n) is 1.30. The molecule has 1 aliphatic heterocycles. The number of carbonyl (C=O) groups excluding carboxylic acids is 1. The number of benzene rings is 1. The number of hydrogen-bond acceptors (Lipinski definition) is 4. The molecule has 1 aromatic rings. The SMILES string of the molecule is Br.O=C(CSC1N=CC=CN1)c1ccccc1. The zero-order valence-electron chi connectivity index (χ0n) is 9.08. The van der Waals surface area contributed by atoms with Gasteiger partial charge in [-0.1, -0.05) is 30.3 Å². The molecule has 0 fully saturated rings. The lowest BCUT2D eigenvalue weighted by Crippen LogP contribution is -2.22. The standard InChI is InChI=1S/C12H12N2OS.BrH/c15-11(10-5-2-1-3-6-10)9-16-12-13-7-4-8-14-12;/h1-8,12-13H,9H2;1H. The van der Waals surface area contributed by atoms with Crippen LogP contribution in [0.15, 0.2) is 47.6 Å². The first-order chi connectivity index (χ1) is 7.86. The van der Waals surface area contributed by atoms with Gasteiger partial charge in [-0.05, 0) is 6.08 Å². The van der Waals surface area contributed by atoms with Crippen molar-refractivity contribution in [2.45, 2.75) is 5.50 Å². The molecule has 0 aromatic heterocycles. The summed E-state index contributed by atoms with van der Waals surface area (Å²) in [6.45, 7) is 0. The Labute approximate surface area is 115 Å². The zero-order valence-corrected chi connectivity index (χ0v) is 11.6. The quantitative estimate of drug-likeness (QED) is 0.869. The molecule has 0 spiro atoms. The Morgan fingerprint density at radius 2 is 2.12 bits per heavy atom. The first-order valence-electron chi connectivity index (χ1n) is 5.00. The monoisotopic (exact) mass is 312 g/mol. The third-order valence-corrected chi connectivity index (χ3v) is 3.11. The van der Waals surface area contributed by atoms with Crippen molar-refractivity contribution in [1.82, 2.24) is 5.32 Å². The topological polar surface area (TPSA) is 41.5 Å². The third-order valence-electron chi connectivity index (χ3n) is 2.11. The van der Waals surface area contributed by atoms with Gasteiger partial charge in [0.1, 0.15) is 0 Å². The summed E-state index contributed by atoms with van der Waals surface area (Å²) >= 11 is 1.49. The van der Waals surface area contributed by atoms with Crippen LogP contribution in [0.4, 0.5) is 0 Å². The summed E-state index contributed by atoms with van der Waals surface area (Å²) in [5.41, 5.74) is 0.711. The molecule has 0 saturated heterocycles. The lowest BCUT2D eigenvalue weighted by atomic mass is 10.2. The van der Waals surface area contributed by atoms with Crippen molar-refractivity contribution in [1.29, 1.82) is 0 Å². The van der Waals surface area contributed by atoms with Crippen LogP contribution < -0.4 is 5.32 Å². The van der Waals surface area contributed by atoms with Crippen LogP contribution in [0, 0.1) is 0 Å². The fraction of sp³-hybridized carbons (Fsp3) is 0.167. The molecule has 1 aromatic carbocycles. The number of thioether (sulfide) groups is 1. The van der Waals surface area contributed by atoms with Crippen molar-refractivity contribution in [3.63, 3.8) is 0 Å². The average Bonchev–Trinajstić information content (AvgIpc) is 2.38. The van der Waals surface area contributed by atoms with Crippen molar-refractivity contribution in [2.24, 2.45) is 4.99 Å². The molecular formula is C12H13BrN2OS. The first kappa shape index (κ1) is 14.0. The smallest absolute Gasteiger partial charge is 0.172 e. The van der Waals surface area contributed by atoms with Crippen molar-refractivity contribution < 1.29 is 4.79 Å². The van der Waals surface area contributed by atoms with Crippen molar-refractivity contribution in [3.05, 3.63) is 48.2 Å². The number of halogens is 1. The summed E-state index contributed by atoms with van der Waals surface area (Å²) in [7, 11) is 0. The van der Waals surface area contributed by atoms with E-state index in [1.807, 2.05) is 42.6 Å². The van der Waals surface area contributed by atoms with Crippen LogP contribution in [-0.4, -0.2) is 23.2 Å². The minimum Gasteiger partial charge on any atom is -0.361 e. The maximum atomic E-state index is 11.8. The van der Waals surface area contributed by atoms with E-state index < -0.39 is 0 Å². The maximum absolute atomic E-state index is 11.8. The Hall–Kier alpha value is -1.07. The largest absolute Gasteiger partial charge is 0.361 e. The molecule has 5 heteroatoms. The Morgan fingerprint density at radius 3 is 2.76 bits per heavy atom. The van der Waals surface area contributed by atoms with E-state index in [0.717, 1.165) is 5.56 Å². The fourth-order valence-corrected chi connectivity index (χ4v) is 2.11. The second-order valence-electron chi connectivity index (χ2n) is 3.28. The Morgan fingerprint density at radius 1 is 1.35 bits per heavy atom. The number of nitrogens with zero attached hydrogens (tertiary/aromatic N) is 1. The summed E-state index contributed by atoms with van der Waals surface area (Å²) in [4.78, 5) is 16.0. The van der Waals surface area contributed by atoms with Gasteiger partial charge in [-0.15, -0.1) is 28.7 Å². The Bertz CT molecular complexity index is 420. The predicted octanol–water partition coefficient (Wildman–Crippen LogP) is 2.65. The molecule has 90 valence electrons. The highest BCUT2D eigenvalue weighted by atomic mass is 79.9. The van der Waals surface area contributed by atoms with Crippen LogP contribution in [0.5, 0.6) is 0 Å². The molecule has 2 rings (SSSR count). The van der Waals surface area contributed by atoms with Crippen molar-refractivity contribution >= 4 is 40.7 Å². The first-order valence-corrected chi connectivity index (χ1v) is 6.05. The van der Waals surface area contributed by atoms with Gasteiger partial charge in [0, 0.05) is 18.0 Å². The number of nitrogens with one attached hydrogen (secondary N) is 1. The molecule has 0 bridgehead atoms. The van der Waals surface area contributed by atoms with E-state index in [4.69, 9.17) is 0 Å². The molecule has 3 nitrogen and oxygen atoms in total. The second-order valence-corrected chi connectivity index (χ2v) is 4.35. The maximum Gasteiger partial charge on any atom is 0.172 e. The number of aliphatic imine (C=N–C) groups is 1. The summed E-state index contributed by atoms with van der Waals surface area (Å²) in [5, 5.41) is 3.06. The molecule has 1 atom stereocenters. The van der Waals surface area contributed by atoms with Crippen LogP contribution >= 0.6 is 28.7 Å². The highest BCUT2D eigenvalue weighted by molar-refractivity contribution is 8.93. The van der Waals surface area contributed by atoms with E-state index >= 15 is 0 Å². The predicted molar refractivity (Wildman–Crippen MR) is 78.1 cm³/mol. The van der Waals surface area contributed by atoms with Crippen molar-refractivity contribution in [2.75, 3.05) is 5.75 Å². The number of ketones is 1. The van der Waals surface area contributed by atoms with Crippen LogP contribution in [0.2, 0.25) is 0 Å². The van der Waals surface area contributed by atoms with Gasteiger partial charge >= 0.3 is 0 Å². The Balaban J connectivity index is 0.00000144. The van der Waals surface area contributed by atoms with Gasteiger partial charge in [-0.2, -0.15) is 0 Å². The third kappa shape index (κ3) is 4.36. The molecule has 1 N–H and O–H groups in total. The molecule has 0 saturated carbocycles. The van der Waals surface area contributed by atoms with Crippen LogP contribution in [-0.2, 0) is 0 Å². The van der Waals surface area contributed by atoms with Gasteiger partial charge in [-0.3, -0.25) is 9.79 Å². The second kappa shape index (κ2) is 7.29. The van der Waals surface area contributed by atoms with E-state index in [-0.39, 0.29) is 28.3 Å². The van der Waals surface area contributed by atoms with E-state index in [1.165, 1.54) is 11.8 Å². The molecule has 0 aliphatic carbocycles. The minimum atomic E-state index is -0.0438. The highest BCUT2D eigenvalue weighted by Gasteiger charge is 2.10. The summed E-state index contributed by atoms with van der Waals surface area (Å²) < 4.78 is 0. The molecule has 0 radical (unpaired) electrons. The van der Waals surface area contributed by atoms with E-state index in [9.17, 15) is 4.79 Å². The van der Waals surface area contributed by atoms with Gasteiger partial charge in [0.05, 0.1) is 5.75 Å². The molecule has 17 heavy (non-hydrogen) atoms. The minimum absolute atomic E-state index is 0. The highest BCUT2D eigenvalue weighted by Crippen LogP contribution is 2.13. The van der Waals surface area contributed by atoms with E-state index in [0.29, 0.717) is 5.75 Å². The van der Waals surface area contributed by atoms with Crippen LogP contribution in [0.1, 0.15) is 10.4 Å². The summed E-state index contributed by atoms with van der Waals surface area (Å²) in [6.07, 6.45) is 5.40. The van der Waals surface area contributed by atoms with E-state index in [1.54, 1.807) is 6.21 Å². The Kier molecular flexibility index (Phi) is 6.00. The zero-order chi connectivity index (χ0) is 11.2. The van der Waals surface area contributed by atoms with Gasteiger partial charge in [0.2, 0.25) is 0 Å². The summed E-state index contributed by atoms with van der Waals surface area (Å²) in [6, 6.07) is 9.32. The molecule has 1 heterocycles. The number of allylic oxidation sites excluding steroid dienone is 1. The molecule has 0 amide bonds. The van der Waals surface area contributed by atoms with E-state index in [2.05, 4.69) is 10.3 Å². The summed E-state index contributed by atoms with van der Waals surface area (Å²) in [5.74, 6) is 0.574. The van der Waals surface area contributed by atoms with Gasteiger partial charge < -0.3 is 5.32 Å². The van der Waals surface area contributed by atoms with Crippen LogP contribution in [0.25, 0.3) is 0 Å². The number of Topliss-reactive ketones (excluding diaryl/α,β-unsaturated/α-hetero) is 1. The van der Waals surface area contributed by atoms with Crippen molar-refractivity contribution in [3.8, 4) is 0 Å². The number of carbonyl (C=O) groups is 1. The van der Waals surface area contributed by atoms with Gasteiger partial charge in [-0.25, -0.2) is 0 Å². The lowest BCUT2D eigenvalue weighted by Gasteiger charge is -2.13. The van der Waals surface area contributed by atoms with Gasteiger partial charge in [0.15, 0.2) is 11.3 Å². The van der Waals surface area contributed by atoms with Crippen LogP contribution in [0.3, 0.4) is 0 Å². The number of hydrogen-bond donors (Lipinski definition) is 1.